The molecule has 0 atom stereocenters. The van der Waals surface area contributed by atoms with E-state index in [1.54, 1.807) is 12.1 Å². The Kier molecular flexibility index (Phi) is 2.93. The van der Waals surface area contributed by atoms with Gasteiger partial charge in [-0.2, -0.15) is 0 Å². The molecule has 1 N–H and O–H groups in total. The van der Waals surface area contributed by atoms with Crippen LogP contribution in [0.4, 0.5) is 0 Å². The molecule has 1 aliphatic heterocycles. The predicted octanol–water partition coefficient (Wildman–Crippen LogP) is 1.93. The first-order valence-electron chi connectivity index (χ1n) is 5.60. The van der Waals surface area contributed by atoms with E-state index in [0.717, 1.165) is 5.41 Å². The SMILES string of the molecule is COc1cccc2c1C(C(C)(C)C(=O)O)=CS2(=O)=O. The second-order valence-electron chi connectivity index (χ2n) is 4.84. The van der Waals surface area contributed by atoms with Crippen LogP contribution in [0.25, 0.3) is 5.57 Å². The number of carboxylic acids is 1. The highest BCUT2D eigenvalue weighted by atomic mass is 32.2. The quantitative estimate of drug-likeness (QED) is 0.916. The van der Waals surface area contributed by atoms with Crippen LogP contribution in [-0.4, -0.2) is 26.6 Å². The normalized spacial score (nSPS) is 16.7. The first kappa shape index (κ1) is 13.6. The fraction of sp³-hybridized carbons (Fsp3) is 0.308. The lowest BCUT2D eigenvalue weighted by Gasteiger charge is -2.22. The largest absolute Gasteiger partial charge is 0.496 e. The van der Waals surface area contributed by atoms with E-state index in [2.05, 4.69) is 0 Å². The number of hydrogen-bond acceptors (Lipinski definition) is 4. The van der Waals surface area contributed by atoms with Gasteiger partial charge in [-0.25, -0.2) is 8.42 Å². The molecule has 2 rings (SSSR count). The molecule has 0 saturated carbocycles. The van der Waals surface area contributed by atoms with Gasteiger partial charge >= 0.3 is 5.97 Å². The first-order valence-corrected chi connectivity index (χ1v) is 7.14. The first-order chi connectivity index (χ1) is 8.71. The summed E-state index contributed by atoms with van der Waals surface area (Å²) in [7, 11) is -2.19. The number of aliphatic carboxylic acids is 1. The van der Waals surface area contributed by atoms with E-state index in [0.29, 0.717) is 11.3 Å². The Balaban J connectivity index is 2.80. The number of ether oxygens (including phenoxy) is 1. The summed E-state index contributed by atoms with van der Waals surface area (Å²) in [6.07, 6.45) is 0. The Labute approximate surface area is 111 Å². The van der Waals surface area contributed by atoms with Gasteiger partial charge in [0.25, 0.3) is 0 Å². The molecule has 0 amide bonds. The molecule has 1 aromatic carbocycles. The van der Waals surface area contributed by atoms with Crippen molar-refractivity contribution < 1.29 is 23.1 Å². The lowest BCUT2D eigenvalue weighted by molar-refractivity contribution is -0.143. The molecule has 5 nitrogen and oxygen atoms in total. The highest BCUT2D eigenvalue weighted by molar-refractivity contribution is 7.95. The molecule has 0 aliphatic carbocycles. The summed E-state index contributed by atoms with van der Waals surface area (Å²) in [4.78, 5) is 11.4. The minimum atomic E-state index is -3.61. The fourth-order valence-electron chi connectivity index (χ4n) is 2.04. The van der Waals surface area contributed by atoms with Gasteiger partial charge in [0.1, 0.15) is 5.75 Å². The Morgan fingerprint density at radius 2 is 1.95 bits per heavy atom. The number of benzene rings is 1. The summed E-state index contributed by atoms with van der Waals surface area (Å²) in [5.74, 6) is -0.730. The van der Waals surface area contributed by atoms with Crippen LogP contribution in [0.3, 0.4) is 0 Å². The molecule has 0 fully saturated rings. The molecular weight excluding hydrogens is 268 g/mol. The zero-order chi connectivity index (χ0) is 14.4. The van der Waals surface area contributed by atoms with Crippen LogP contribution in [0.15, 0.2) is 28.5 Å². The molecule has 0 aromatic heterocycles. The molecule has 19 heavy (non-hydrogen) atoms. The number of methoxy groups -OCH3 is 1. The molecule has 0 bridgehead atoms. The fourth-order valence-corrected chi connectivity index (χ4v) is 3.65. The zero-order valence-electron chi connectivity index (χ0n) is 10.8. The lowest BCUT2D eigenvalue weighted by atomic mass is 9.81. The molecule has 0 unspecified atom stereocenters. The van der Waals surface area contributed by atoms with Gasteiger partial charge in [-0.1, -0.05) is 6.07 Å². The minimum Gasteiger partial charge on any atom is -0.496 e. The molecule has 0 saturated heterocycles. The molecular formula is C13H14O5S. The van der Waals surface area contributed by atoms with Gasteiger partial charge in [0, 0.05) is 11.0 Å². The Morgan fingerprint density at radius 1 is 1.32 bits per heavy atom. The predicted molar refractivity (Wildman–Crippen MR) is 69.6 cm³/mol. The Hall–Kier alpha value is -1.82. The molecule has 6 heteroatoms. The van der Waals surface area contributed by atoms with Crippen molar-refractivity contribution in [1.29, 1.82) is 0 Å². The molecule has 1 heterocycles. The summed E-state index contributed by atoms with van der Waals surface area (Å²) in [5.41, 5.74) is -0.725. The monoisotopic (exact) mass is 282 g/mol. The van der Waals surface area contributed by atoms with Crippen molar-refractivity contribution in [3.05, 3.63) is 29.2 Å². The average molecular weight is 282 g/mol. The van der Waals surface area contributed by atoms with Crippen LogP contribution >= 0.6 is 0 Å². The summed E-state index contributed by atoms with van der Waals surface area (Å²) in [6, 6.07) is 4.64. The number of carbonyl (C=O) groups is 1. The van der Waals surface area contributed by atoms with Crippen LogP contribution in [-0.2, 0) is 14.6 Å². The second-order valence-corrected chi connectivity index (χ2v) is 6.61. The van der Waals surface area contributed by atoms with Gasteiger partial charge in [0.05, 0.1) is 17.4 Å². The summed E-state index contributed by atoms with van der Waals surface area (Å²) in [5, 5.41) is 10.3. The van der Waals surface area contributed by atoms with E-state index in [-0.39, 0.29) is 10.5 Å². The molecule has 0 radical (unpaired) electrons. The van der Waals surface area contributed by atoms with Crippen molar-refractivity contribution in [2.45, 2.75) is 18.7 Å². The van der Waals surface area contributed by atoms with Gasteiger partial charge in [-0.05, 0) is 31.6 Å². The van der Waals surface area contributed by atoms with Gasteiger partial charge in [-0.15, -0.1) is 0 Å². The molecule has 0 spiro atoms. The summed E-state index contributed by atoms with van der Waals surface area (Å²) < 4.78 is 29.3. The van der Waals surface area contributed by atoms with E-state index in [1.165, 1.54) is 27.0 Å². The van der Waals surface area contributed by atoms with E-state index in [4.69, 9.17) is 4.74 Å². The van der Waals surface area contributed by atoms with Gasteiger partial charge in [0.15, 0.2) is 0 Å². The Bertz CT molecular complexity index is 683. The zero-order valence-corrected chi connectivity index (χ0v) is 11.6. The highest BCUT2D eigenvalue weighted by Crippen LogP contribution is 2.47. The van der Waals surface area contributed by atoms with E-state index in [9.17, 15) is 18.3 Å². The van der Waals surface area contributed by atoms with Crippen molar-refractivity contribution in [3.8, 4) is 5.75 Å². The smallest absolute Gasteiger partial charge is 0.313 e. The summed E-state index contributed by atoms with van der Waals surface area (Å²) >= 11 is 0. The third kappa shape index (κ3) is 1.92. The van der Waals surface area contributed by atoms with Gasteiger partial charge in [-0.3, -0.25) is 4.79 Å². The topological polar surface area (TPSA) is 80.7 Å². The lowest BCUT2D eigenvalue weighted by Crippen LogP contribution is -2.25. The number of hydrogen-bond donors (Lipinski definition) is 1. The molecule has 102 valence electrons. The van der Waals surface area contributed by atoms with Crippen LogP contribution in [0.2, 0.25) is 0 Å². The standard InChI is InChI=1S/C13H14O5S/c1-13(2,12(14)15)8-7-19(16,17)10-6-4-5-9(18-3)11(8)10/h4-7H,1-3H3,(H,14,15). The molecule has 1 aromatic rings. The average Bonchev–Trinajstić information content (AvgIpc) is 2.62. The third-order valence-corrected chi connectivity index (χ3v) is 4.76. The van der Waals surface area contributed by atoms with Gasteiger partial charge in [0.2, 0.25) is 9.84 Å². The number of fused-ring (bicyclic) bond motifs is 1. The molecule has 1 aliphatic rings. The Morgan fingerprint density at radius 3 is 2.47 bits per heavy atom. The summed E-state index contributed by atoms with van der Waals surface area (Å²) in [6.45, 7) is 2.94. The van der Waals surface area contributed by atoms with Crippen molar-refractivity contribution >= 4 is 21.4 Å². The van der Waals surface area contributed by atoms with Crippen molar-refractivity contribution in [3.63, 3.8) is 0 Å². The third-order valence-electron chi connectivity index (χ3n) is 3.26. The number of rotatable bonds is 3. The van der Waals surface area contributed by atoms with E-state index < -0.39 is 21.2 Å². The highest BCUT2D eigenvalue weighted by Gasteiger charge is 2.41. The van der Waals surface area contributed by atoms with Crippen molar-refractivity contribution in [2.24, 2.45) is 5.41 Å². The van der Waals surface area contributed by atoms with E-state index in [1.807, 2.05) is 0 Å². The van der Waals surface area contributed by atoms with Crippen LogP contribution < -0.4 is 4.74 Å². The maximum Gasteiger partial charge on any atom is 0.313 e. The van der Waals surface area contributed by atoms with E-state index >= 15 is 0 Å². The van der Waals surface area contributed by atoms with Crippen molar-refractivity contribution in [2.75, 3.05) is 7.11 Å². The van der Waals surface area contributed by atoms with Crippen LogP contribution in [0.1, 0.15) is 19.4 Å². The number of carboxylic acid groups (broad SMARTS) is 1. The minimum absolute atomic E-state index is 0.0937. The van der Waals surface area contributed by atoms with Crippen LogP contribution in [0.5, 0.6) is 5.75 Å². The second kappa shape index (κ2) is 4.09. The number of sulfone groups is 1. The maximum absolute atomic E-state index is 12.1. The maximum atomic E-state index is 12.1. The van der Waals surface area contributed by atoms with Gasteiger partial charge < -0.3 is 9.84 Å². The van der Waals surface area contributed by atoms with Crippen molar-refractivity contribution in [1.82, 2.24) is 0 Å². The van der Waals surface area contributed by atoms with Crippen LogP contribution in [0, 0.1) is 5.41 Å².